The maximum absolute atomic E-state index is 10.7. The van der Waals surface area contributed by atoms with E-state index in [9.17, 15) is 4.79 Å². The molecule has 3 aromatic rings. The van der Waals surface area contributed by atoms with E-state index in [1.54, 1.807) is 12.1 Å². The van der Waals surface area contributed by atoms with Crippen LogP contribution in [0.15, 0.2) is 34.9 Å². The van der Waals surface area contributed by atoms with Crippen molar-refractivity contribution >= 4 is 28.5 Å². The molecule has 0 aliphatic carbocycles. The van der Waals surface area contributed by atoms with E-state index >= 15 is 0 Å². The number of carbonyl (C=O) groups is 1. The molecule has 3 rings (SSSR count). The second-order valence-electron chi connectivity index (χ2n) is 3.77. The van der Waals surface area contributed by atoms with Gasteiger partial charge in [0, 0.05) is 22.0 Å². The number of fused-ring (bicyclic) bond motifs is 1. The van der Waals surface area contributed by atoms with E-state index in [1.165, 1.54) is 6.07 Å². The number of H-pyrrole nitrogens is 1. The fourth-order valence-corrected chi connectivity index (χ4v) is 1.99. The summed E-state index contributed by atoms with van der Waals surface area (Å²) >= 11 is 6.06. The molecule has 0 aliphatic rings. The van der Waals surface area contributed by atoms with Crippen LogP contribution in [0.3, 0.4) is 0 Å². The highest BCUT2D eigenvalue weighted by atomic mass is 35.5. The Kier molecular flexibility index (Phi) is 2.34. The van der Waals surface area contributed by atoms with Crippen molar-refractivity contribution in [2.24, 2.45) is 0 Å². The summed E-state index contributed by atoms with van der Waals surface area (Å²) < 4.78 is 4.70. The molecular formula is C12H7ClN2O3. The molecule has 0 bridgehead atoms. The third kappa shape index (κ3) is 1.65. The molecule has 0 amide bonds. The summed E-state index contributed by atoms with van der Waals surface area (Å²) in [5.74, 6) is -1.35. The minimum Gasteiger partial charge on any atom is -0.475 e. The molecular weight excluding hydrogens is 256 g/mol. The first kappa shape index (κ1) is 10.9. The van der Waals surface area contributed by atoms with E-state index in [2.05, 4.69) is 10.1 Å². The number of rotatable bonds is 2. The summed E-state index contributed by atoms with van der Waals surface area (Å²) in [4.78, 5) is 13.8. The van der Waals surface area contributed by atoms with Gasteiger partial charge < -0.3 is 14.6 Å². The number of nitrogens with one attached hydrogen (secondary N) is 1. The summed E-state index contributed by atoms with van der Waals surface area (Å²) in [6.45, 7) is 0. The zero-order chi connectivity index (χ0) is 12.7. The monoisotopic (exact) mass is 262 g/mol. The zero-order valence-electron chi connectivity index (χ0n) is 8.98. The standard InChI is InChI=1S/C12H7ClN2O3/c13-7-2-1-3-8-6(7)4-9(14-8)10-5-11(12(16)17)18-15-10/h1-5,14H,(H,16,17). The van der Waals surface area contributed by atoms with Crippen LogP contribution in [0.5, 0.6) is 0 Å². The van der Waals surface area contributed by atoms with Gasteiger partial charge in [-0.25, -0.2) is 4.79 Å². The maximum atomic E-state index is 10.7. The summed E-state index contributed by atoms with van der Waals surface area (Å²) in [5, 5.41) is 13.9. The van der Waals surface area contributed by atoms with Crippen LogP contribution in [0.25, 0.3) is 22.3 Å². The highest BCUT2D eigenvalue weighted by molar-refractivity contribution is 6.35. The van der Waals surface area contributed by atoms with Gasteiger partial charge in [0.1, 0.15) is 5.69 Å². The predicted molar refractivity (Wildman–Crippen MR) is 65.8 cm³/mol. The van der Waals surface area contributed by atoms with Crippen LogP contribution in [0.4, 0.5) is 0 Å². The molecule has 18 heavy (non-hydrogen) atoms. The van der Waals surface area contributed by atoms with Crippen LogP contribution in [0.1, 0.15) is 10.6 Å². The van der Waals surface area contributed by atoms with Crippen molar-refractivity contribution in [2.75, 3.05) is 0 Å². The lowest BCUT2D eigenvalue weighted by molar-refractivity contribution is 0.0652. The van der Waals surface area contributed by atoms with E-state index in [1.807, 2.05) is 12.1 Å². The molecule has 0 aliphatic heterocycles. The third-order valence-corrected chi connectivity index (χ3v) is 2.94. The average Bonchev–Trinajstić information content (AvgIpc) is 2.95. The SMILES string of the molecule is O=C(O)c1cc(-c2cc3c(Cl)cccc3[nH]2)no1. The van der Waals surface area contributed by atoms with Gasteiger partial charge in [-0.1, -0.05) is 22.8 Å². The highest BCUT2D eigenvalue weighted by Gasteiger charge is 2.14. The molecule has 1 aromatic carbocycles. The first-order valence-corrected chi connectivity index (χ1v) is 5.50. The van der Waals surface area contributed by atoms with Crippen molar-refractivity contribution in [1.82, 2.24) is 10.1 Å². The summed E-state index contributed by atoms with van der Waals surface area (Å²) in [5.41, 5.74) is 1.95. The number of aromatic nitrogens is 2. The lowest BCUT2D eigenvalue weighted by Crippen LogP contribution is -1.91. The van der Waals surface area contributed by atoms with Crippen LogP contribution >= 0.6 is 11.6 Å². The predicted octanol–water partition coefficient (Wildman–Crippen LogP) is 3.17. The number of hydrogen-bond acceptors (Lipinski definition) is 3. The third-order valence-electron chi connectivity index (χ3n) is 2.61. The molecule has 0 unspecified atom stereocenters. The highest BCUT2D eigenvalue weighted by Crippen LogP contribution is 2.28. The second-order valence-corrected chi connectivity index (χ2v) is 4.17. The van der Waals surface area contributed by atoms with Gasteiger partial charge in [0.05, 0.1) is 5.69 Å². The van der Waals surface area contributed by atoms with Gasteiger partial charge in [0.15, 0.2) is 0 Å². The molecule has 0 radical (unpaired) electrons. The normalized spacial score (nSPS) is 10.9. The van der Waals surface area contributed by atoms with Crippen LogP contribution in [0.2, 0.25) is 5.02 Å². The molecule has 6 heteroatoms. The first-order valence-electron chi connectivity index (χ1n) is 5.13. The number of carboxylic acid groups (broad SMARTS) is 1. The smallest absolute Gasteiger partial charge is 0.374 e. The van der Waals surface area contributed by atoms with Gasteiger partial charge in [-0.3, -0.25) is 0 Å². The van der Waals surface area contributed by atoms with Crippen LogP contribution < -0.4 is 0 Å². The van der Waals surface area contributed by atoms with Crippen molar-refractivity contribution in [3.8, 4) is 11.4 Å². The Balaban J connectivity index is 2.13. The van der Waals surface area contributed by atoms with Crippen molar-refractivity contribution in [1.29, 1.82) is 0 Å². The van der Waals surface area contributed by atoms with Crippen molar-refractivity contribution in [3.05, 3.63) is 41.1 Å². The van der Waals surface area contributed by atoms with Gasteiger partial charge in [-0.2, -0.15) is 0 Å². The van der Waals surface area contributed by atoms with Crippen molar-refractivity contribution in [3.63, 3.8) is 0 Å². The fourth-order valence-electron chi connectivity index (χ4n) is 1.76. The Labute approximate surface area is 106 Å². The number of benzene rings is 1. The van der Waals surface area contributed by atoms with Gasteiger partial charge in [0.2, 0.25) is 5.76 Å². The number of hydrogen-bond donors (Lipinski definition) is 2. The quantitative estimate of drug-likeness (QED) is 0.743. The minimum atomic E-state index is -1.15. The zero-order valence-corrected chi connectivity index (χ0v) is 9.73. The van der Waals surface area contributed by atoms with Crippen LogP contribution in [0, 0.1) is 0 Å². The fraction of sp³-hybridized carbons (Fsp3) is 0. The Hall–Kier alpha value is -2.27. The Morgan fingerprint density at radius 3 is 2.89 bits per heavy atom. The molecule has 2 N–H and O–H groups in total. The Morgan fingerprint density at radius 1 is 1.39 bits per heavy atom. The maximum Gasteiger partial charge on any atom is 0.374 e. The Morgan fingerprint density at radius 2 is 2.22 bits per heavy atom. The molecule has 2 heterocycles. The first-order chi connectivity index (χ1) is 8.65. The number of halogens is 1. The van der Waals surface area contributed by atoms with Gasteiger partial charge >= 0.3 is 5.97 Å². The largest absolute Gasteiger partial charge is 0.475 e. The van der Waals surface area contributed by atoms with E-state index in [0.29, 0.717) is 16.4 Å². The van der Waals surface area contributed by atoms with E-state index in [-0.39, 0.29) is 5.76 Å². The average molecular weight is 263 g/mol. The molecule has 90 valence electrons. The van der Waals surface area contributed by atoms with Crippen molar-refractivity contribution < 1.29 is 14.4 Å². The topological polar surface area (TPSA) is 79.1 Å². The van der Waals surface area contributed by atoms with Gasteiger partial charge in [0.25, 0.3) is 0 Å². The number of carboxylic acids is 1. The summed E-state index contributed by atoms with van der Waals surface area (Å²) in [6, 6.07) is 8.66. The molecule has 2 aromatic heterocycles. The van der Waals surface area contributed by atoms with Gasteiger partial charge in [-0.05, 0) is 18.2 Å². The number of nitrogens with zero attached hydrogens (tertiary/aromatic N) is 1. The van der Waals surface area contributed by atoms with Crippen molar-refractivity contribution in [2.45, 2.75) is 0 Å². The van der Waals surface area contributed by atoms with Crippen LogP contribution in [-0.2, 0) is 0 Å². The second kappa shape index (κ2) is 3.89. The minimum absolute atomic E-state index is 0.199. The van der Waals surface area contributed by atoms with Gasteiger partial charge in [-0.15, -0.1) is 0 Å². The lowest BCUT2D eigenvalue weighted by Gasteiger charge is -1.89. The number of aromatic carboxylic acids is 1. The van der Waals surface area contributed by atoms with E-state index in [0.717, 1.165) is 10.9 Å². The molecule has 5 nitrogen and oxygen atoms in total. The lowest BCUT2D eigenvalue weighted by atomic mass is 10.2. The summed E-state index contributed by atoms with van der Waals surface area (Å²) in [6.07, 6.45) is 0. The van der Waals surface area contributed by atoms with E-state index < -0.39 is 5.97 Å². The molecule has 0 saturated carbocycles. The molecule has 0 saturated heterocycles. The molecule has 0 spiro atoms. The molecule has 0 fully saturated rings. The van der Waals surface area contributed by atoms with Crippen LogP contribution in [-0.4, -0.2) is 21.2 Å². The Bertz CT molecular complexity index is 745. The molecule has 0 atom stereocenters. The van der Waals surface area contributed by atoms with E-state index in [4.69, 9.17) is 21.2 Å². The number of aromatic amines is 1. The summed E-state index contributed by atoms with van der Waals surface area (Å²) in [7, 11) is 0.